The number of ether oxygens (including phenoxy) is 1. The van der Waals surface area contributed by atoms with Crippen LogP contribution in [0.3, 0.4) is 0 Å². The van der Waals surface area contributed by atoms with Crippen LogP contribution in [0.15, 0.2) is 48.5 Å². The number of rotatable bonds is 9. The average molecular weight is 383 g/mol. The summed E-state index contributed by atoms with van der Waals surface area (Å²) in [6, 6.07) is 15.1. The Balaban J connectivity index is 2.06. The van der Waals surface area contributed by atoms with E-state index in [4.69, 9.17) is 4.74 Å². The minimum atomic E-state index is -0.556. The molecule has 2 rings (SSSR count). The summed E-state index contributed by atoms with van der Waals surface area (Å²) >= 11 is 0. The van der Waals surface area contributed by atoms with Crippen molar-refractivity contribution in [2.45, 2.75) is 40.2 Å². The van der Waals surface area contributed by atoms with E-state index in [-0.39, 0.29) is 18.4 Å². The smallest absolute Gasteiger partial charge is 0.261 e. The molecule has 0 fully saturated rings. The van der Waals surface area contributed by atoms with Crippen LogP contribution in [0.5, 0.6) is 5.75 Å². The molecule has 5 nitrogen and oxygen atoms in total. The monoisotopic (exact) mass is 382 g/mol. The maximum atomic E-state index is 12.9. The number of hydrogen-bond acceptors (Lipinski definition) is 3. The fraction of sp³-hybridized carbons (Fsp3) is 0.391. The second-order valence-corrected chi connectivity index (χ2v) is 6.93. The zero-order valence-corrected chi connectivity index (χ0v) is 17.2. The predicted octanol–water partition coefficient (Wildman–Crippen LogP) is 3.28. The molecule has 5 heteroatoms. The Morgan fingerprint density at radius 1 is 1.07 bits per heavy atom. The molecule has 0 unspecified atom stereocenters. The van der Waals surface area contributed by atoms with E-state index in [1.54, 1.807) is 11.8 Å². The van der Waals surface area contributed by atoms with Crippen molar-refractivity contribution in [2.75, 3.05) is 19.7 Å². The fourth-order valence-corrected chi connectivity index (χ4v) is 2.92. The number of nitrogens with zero attached hydrogens (tertiary/aromatic N) is 1. The summed E-state index contributed by atoms with van der Waals surface area (Å²) < 4.78 is 5.70. The molecule has 2 amide bonds. The van der Waals surface area contributed by atoms with Crippen molar-refractivity contribution in [1.82, 2.24) is 10.2 Å². The van der Waals surface area contributed by atoms with Gasteiger partial charge in [-0.2, -0.15) is 0 Å². The van der Waals surface area contributed by atoms with Gasteiger partial charge in [-0.3, -0.25) is 9.59 Å². The summed E-state index contributed by atoms with van der Waals surface area (Å²) in [5.74, 6) is 0.299. The van der Waals surface area contributed by atoms with Gasteiger partial charge in [-0.15, -0.1) is 0 Å². The van der Waals surface area contributed by atoms with Gasteiger partial charge >= 0.3 is 0 Å². The van der Waals surface area contributed by atoms with Crippen LogP contribution in [0.1, 0.15) is 30.5 Å². The van der Waals surface area contributed by atoms with Crippen LogP contribution in [0.2, 0.25) is 0 Å². The normalized spacial score (nSPS) is 11.6. The molecule has 0 aromatic heterocycles. The van der Waals surface area contributed by atoms with Gasteiger partial charge in [-0.05, 0) is 62.9 Å². The first kappa shape index (κ1) is 21.5. The van der Waals surface area contributed by atoms with Gasteiger partial charge in [0, 0.05) is 13.1 Å². The number of carbonyl (C=O) groups excluding carboxylic acids is 2. The molecule has 0 aliphatic heterocycles. The number of hydrogen-bond donors (Lipinski definition) is 1. The van der Waals surface area contributed by atoms with Crippen LogP contribution in [-0.4, -0.2) is 42.5 Å². The summed E-state index contributed by atoms with van der Waals surface area (Å²) in [7, 11) is 0. The van der Waals surface area contributed by atoms with Gasteiger partial charge < -0.3 is 15.0 Å². The highest BCUT2D eigenvalue weighted by molar-refractivity contribution is 5.87. The van der Waals surface area contributed by atoms with Crippen LogP contribution >= 0.6 is 0 Å². The number of nitrogens with one attached hydrogen (secondary N) is 1. The van der Waals surface area contributed by atoms with Gasteiger partial charge in [-0.25, -0.2) is 0 Å². The van der Waals surface area contributed by atoms with Gasteiger partial charge in [0.1, 0.15) is 11.8 Å². The van der Waals surface area contributed by atoms with Crippen molar-refractivity contribution in [3.05, 3.63) is 65.2 Å². The first-order valence-electron chi connectivity index (χ1n) is 9.73. The lowest BCUT2D eigenvalue weighted by atomic mass is 10.1. The Bertz CT molecular complexity index is 790. The first-order valence-corrected chi connectivity index (χ1v) is 9.73. The highest BCUT2D eigenvalue weighted by atomic mass is 16.5. The third-order valence-electron chi connectivity index (χ3n) is 4.84. The Hall–Kier alpha value is -2.82. The van der Waals surface area contributed by atoms with E-state index in [0.29, 0.717) is 25.3 Å². The van der Waals surface area contributed by atoms with E-state index in [0.717, 1.165) is 11.1 Å². The topological polar surface area (TPSA) is 58.6 Å². The second kappa shape index (κ2) is 10.5. The van der Waals surface area contributed by atoms with E-state index in [1.165, 1.54) is 5.56 Å². The second-order valence-electron chi connectivity index (χ2n) is 6.93. The van der Waals surface area contributed by atoms with Gasteiger partial charge in [0.05, 0.1) is 0 Å². The summed E-state index contributed by atoms with van der Waals surface area (Å²) in [5.41, 5.74) is 3.41. The maximum absolute atomic E-state index is 12.9. The van der Waals surface area contributed by atoms with Crippen molar-refractivity contribution in [2.24, 2.45) is 0 Å². The summed E-state index contributed by atoms with van der Waals surface area (Å²) in [6.45, 7) is 8.55. The molecule has 0 bridgehead atoms. The van der Waals surface area contributed by atoms with E-state index >= 15 is 0 Å². The number of amides is 2. The molecule has 150 valence electrons. The molecule has 1 N–H and O–H groups in total. The van der Waals surface area contributed by atoms with E-state index in [9.17, 15) is 9.59 Å². The molecule has 2 aromatic rings. The Morgan fingerprint density at radius 3 is 2.43 bits per heavy atom. The van der Waals surface area contributed by atoms with Crippen molar-refractivity contribution < 1.29 is 14.3 Å². The highest BCUT2D eigenvalue weighted by Gasteiger charge is 2.25. The molecule has 0 aliphatic rings. The van der Waals surface area contributed by atoms with Crippen molar-refractivity contribution in [3.8, 4) is 5.75 Å². The fourth-order valence-electron chi connectivity index (χ4n) is 2.92. The number of likely N-dealkylation sites (N-methyl/N-ethyl adjacent to an activating group) is 1. The predicted molar refractivity (Wildman–Crippen MR) is 111 cm³/mol. The zero-order valence-electron chi connectivity index (χ0n) is 17.2. The number of carbonyl (C=O) groups is 2. The van der Waals surface area contributed by atoms with Crippen molar-refractivity contribution in [1.29, 1.82) is 0 Å². The standard InChI is InChI=1S/C23H30N2O3/c1-5-24-23(27)19(4)25(14-13-20-9-7-6-8-10-20)22(26)16-28-21-12-11-17(2)18(3)15-21/h6-12,15,19H,5,13-14,16H2,1-4H3,(H,24,27)/t19-/m1/s1. The maximum Gasteiger partial charge on any atom is 0.261 e. The molecule has 0 radical (unpaired) electrons. The Labute approximate surface area is 167 Å². The molecule has 0 spiro atoms. The molecule has 28 heavy (non-hydrogen) atoms. The lowest BCUT2D eigenvalue weighted by molar-refractivity contribution is -0.141. The minimum Gasteiger partial charge on any atom is -0.484 e. The molecule has 0 saturated carbocycles. The quantitative estimate of drug-likeness (QED) is 0.724. The van der Waals surface area contributed by atoms with Crippen LogP contribution in [0.4, 0.5) is 0 Å². The largest absolute Gasteiger partial charge is 0.484 e. The Kier molecular flexibility index (Phi) is 8.05. The van der Waals surface area contributed by atoms with Crippen molar-refractivity contribution in [3.63, 3.8) is 0 Å². The molecule has 0 saturated heterocycles. The lowest BCUT2D eigenvalue weighted by Gasteiger charge is -2.28. The molecule has 1 atom stereocenters. The van der Waals surface area contributed by atoms with Crippen molar-refractivity contribution >= 4 is 11.8 Å². The average Bonchev–Trinajstić information content (AvgIpc) is 2.69. The Morgan fingerprint density at radius 2 is 1.79 bits per heavy atom. The van der Waals surface area contributed by atoms with Crippen LogP contribution in [0, 0.1) is 13.8 Å². The summed E-state index contributed by atoms with van der Waals surface area (Å²) in [6.07, 6.45) is 0.681. The van der Waals surface area contributed by atoms with E-state index in [1.807, 2.05) is 69.3 Å². The van der Waals surface area contributed by atoms with Gasteiger partial charge in [0.25, 0.3) is 5.91 Å². The summed E-state index contributed by atoms with van der Waals surface area (Å²) in [4.78, 5) is 26.8. The molecular formula is C23H30N2O3. The zero-order chi connectivity index (χ0) is 20.5. The lowest BCUT2D eigenvalue weighted by Crippen LogP contribution is -2.50. The van der Waals surface area contributed by atoms with E-state index in [2.05, 4.69) is 5.32 Å². The number of aryl methyl sites for hydroxylation is 2. The number of benzene rings is 2. The summed E-state index contributed by atoms with van der Waals surface area (Å²) in [5, 5.41) is 2.79. The molecule has 2 aromatic carbocycles. The van der Waals surface area contributed by atoms with Gasteiger partial charge in [0.2, 0.25) is 5.91 Å². The highest BCUT2D eigenvalue weighted by Crippen LogP contribution is 2.16. The van der Waals surface area contributed by atoms with Gasteiger partial charge in [-0.1, -0.05) is 36.4 Å². The third-order valence-corrected chi connectivity index (χ3v) is 4.84. The van der Waals surface area contributed by atoms with Crippen LogP contribution in [-0.2, 0) is 16.0 Å². The molecule has 0 heterocycles. The molecular weight excluding hydrogens is 352 g/mol. The third kappa shape index (κ3) is 6.12. The van der Waals surface area contributed by atoms with Gasteiger partial charge in [0.15, 0.2) is 6.61 Å². The van der Waals surface area contributed by atoms with Crippen LogP contribution in [0.25, 0.3) is 0 Å². The SMILES string of the molecule is CCNC(=O)[C@@H](C)N(CCc1ccccc1)C(=O)COc1ccc(C)c(C)c1. The molecule has 0 aliphatic carbocycles. The van der Waals surface area contributed by atoms with Crippen LogP contribution < -0.4 is 10.1 Å². The van der Waals surface area contributed by atoms with E-state index < -0.39 is 6.04 Å². The first-order chi connectivity index (χ1) is 13.4. The minimum absolute atomic E-state index is 0.0962.